The number of rotatable bonds is 5. The number of carbonyl (C=O) groups is 1. The van der Waals surface area contributed by atoms with Gasteiger partial charge in [-0.05, 0) is 54.4 Å². The second kappa shape index (κ2) is 7.02. The molecule has 4 rings (SSSR count). The van der Waals surface area contributed by atoms with E-state index >= 15 is 0 Å². The third-order valence-corrected chi connectivity index (χ3v) is 4.51. The first-order chi connectivity index (χ1) is 12.7. The molecule has 4 heteroatoms. The van der Waals surface area contributed by atoms with Gasteiger partial charge in [-0.3, -0.25) is 4.79 Å². The van der Waals surface area contributed by atoms with Crippen molar-refractivity contribution in [3.05, 3.63) is 90.0 Å². The Morgan fingerprint density at radius 3 is 2.31 bits per heavy atom. The first kappa shape index (κ1) is 16.4. The topological polar surface area (TPSA) is 64.3 Å². The van der Waals surface area contributed by atoms with Crippen LogP contribution in [-0.2, 0) is 0 Å². The Hall–Kier alpha value is -3.11. The van der Waals surface area contributed by atoms with Crippen LogP contribution in [0.2, 0.25) is 0 Å². The lowest BCUT2D eigenvalue weighted by Crippen LogP contribution is -2.11. The van der Waals surface area contributed by atoms with Crippen LogP contribution in [0.5, 0.6) is 11.5 Å². The molecular formula is C22H20N2O2. The van der Waals surface area contributed by atoms with Gasteiger partial charge >= 0.3 is 0 Å². The van der Waals surface area contributed by atoms with Gasteiger partial charge in [-0.2, -0.15) is 0 Å². The Morgan fingerprint density at radius 1 is 0.923 bits per heavy atom. The summed E-state index contributed by atoms with van der Waals surface area (Å²) >= 11 is 0. The van der Waals surface area contributed by atoms with Gasteiger partial charge in [0.05, 0.1) is 0 Å². The summed E-state index contributed by atoms with van der Waals surface area (Å²) in [5.74, 6) is 1.66. The summed E-state index contributed by atoms with van der Waals surface area (Å²) in [5.41, 5.74) is 8.43. The summed E-state index contributed by atoms with van der Waals surface area (Å²) in [7, 11) is 0. The fourth-order valence-corrected chi connectivity index (χ4v) is 2.94. The number of hydrogen-bond acceptors (Lipinski definition) is 3. The molecule has 1 fully saturated rings. The number of para-hydroxylation sites is 1. The fraction of sp³-hybridized carbons (Fsp3) is 0.136. The number of carbonyl (C=O) groups excluding carboxylic acids is 1. The number of anilines is 1. The number of nitrogens with one attached hydrogen (secondary N) is 1. The Balaban J connectivity index is 1.43. The van der Waals surface area contributed by atoms with Crippen molar-refractivity contribution >= 4 is 11.6 Å². The van der Waals surface area contributed by atoms with Crippen LogP contribution >= 0.6 is 0 Å². The van der Waals surface area contributed by atoms with Crippen molar-refractivity contribution in [2.45, 2.75) is 18.4 Å². The average Bonchev–Trinajstić information content (AvgIpc) is 3.40. The lowest BCUT2D eigenvalue weighted by Gasteiger charge is -2.09. The third-order valence-electron chi connectivity index (χ3n) is 4.51. The van der Waals surface area contributed by atoms with E-state index in [9.17, 15) is 4.79 Å². The van der Waals surface area contributed by atoms with Crippen molar-refractivity contribution in [3.63, 3.8) is 0 Å². The molecule has 0 aliphatic heterocycles. The molecule has 0 saturated heterocycles. The Bertz CT molecular complexity index is 907. The van der Waals surface area contributed by atoms with Crippen molar-refractivity contribution in [3.8, 4) is 11.5 Å². The molecular weight excluding hydrogens is 324 g/mol. The van der Waals surface area contributed by atoms with Gasteiger partial charge in [0, 0.05) is 23.2 Å². The molecule has 0 spiro atoms. The van der Waals surface area contributed by atoms with Gasteiger partial charge < -0.3 is 15.8 Å². The van der Waals surface area contributed by atoms with Crippen molar-refractivity contribution in [1.29, 1.82) is 0 Å². The Kier molecular flexibility index (Phi) is 4.42. The van der Waals surface area contributed by atoms with Crippen molar-refractivity contribution in [2.75, 3.05) is 5.32 Å². The average molecular weight is 344 g/mol. The molecule has 2 atom stereocenters. The van der Waals surface area contributed by atoms with Crippen LogP contribution in [0.4, 0.5) is 5.69 Å². The number of nitrogens with two attached hydrogens (primary N) is 1. The molecule has 1 aliphatic rings. The lowest BCUT2D eigenvalue weighted by atomic mass is 10.1. The van der Waals surface area contributed by atoms with E-state index in [1.807, 2.05) is 66.7 Å². The van der Waals surface area contributed by atoms with E-state index < -0.39 is 0 Å². The molecule has 130 valence electrons. The van der Waals surface area contributed by atoms with Gasteiger partial charge in [0.15, 0.2) is 0 Å². The minimum absolute atomic E-state index is 0.167. The quantitative estimate of drug-likeness (QED) is 0.714. The minimum atomic E-state index is -0.167. The summed E-state index contributed by atoms with van der Waals surface area (Å²) in [4.78, 5) is 12.5. The smallest absolute Gasteiger partial charge is 0.255 e. The maximum Gasteiger partial charge on any atom is 0.255 e. The molecule has 1 aliphatic carbocycles. The predicted octanol–water partition coefficient (Wildman–Crippen LogP) is 4.55. The van der Waals surface area contributed by atoms with Crippen LogP contribution in [0.3, 0.4) is 0 Å². The zero-order valence-electron chi connectivity index (χ0n) is 14.3. The van der Waals surface area contributed by atoms with Gasteiger partial charge in [0.2, 0.25) is 0 Å². The van der Waals surface area contributed by atoms with E-state index in [0.29, 0.717) is 17.2 Å². The van der Waals surface area contributed by atoms with E-state index in [2.05, 4.69) is 5.32 Å². The van der Waals surface area contributed by atoms with Gasteiger partial charge in [-0.15, -0.1) is 0 Å². The molecule has 0 radical (unpaired) electrons. The molecule has 3 N–H and O–H groups in total. The monoisotopic (exact) mass is 344 g/mol. The summed E-state index contributed by atoms with van der Waals surface area (Å²) in [6.45, 7) is 0. The van der Waals surface area contributed by atoms with Crippen LogP contribution in [0.15, 0.2) is 78.9 Å². The number of ether oxygens (including phenoxy) is 1. The summed E-state index contributed by atoms with van der Waals surface area (Å²) < 4.78 is 5.79. The molecule has 4 nitrogen and oxygen atoms in total. The van der Waals surface area contributed by atoms with E-state index in [-0.39, 0.29) is 11.9 Å². The molecule has 2 unspecified atom stereocenters. The van der Waals surface area contributed by atoms with Gasteiger partial charge in [0.1, 0.15) is 11.5 Å². The first-order valence-corrected chi connectivity index (χ1v) is 8.69. The van der Waals surface area contributed by atoms with Gasteiger partial charge in [-0.1, -0.05) is 36.4 Å². The highest BCUT2D eigenvalue weighted by Crippen LogP contribution is 2.39. The fourth-order valence-electron chi connectivity index (χ4n) is 2.94. The first-order valence-electron chi connectivity index (χ1n) is 8.69. The molecule has 1 saturated carbocycles. The van der Waals surface area contributed by atoms with E-state index in [1.165, 1.54) is 5.56 Å². The number of hydrogen-bond donors (Lipinski definition) is 2. The molecule has 1 amide bonds. The van der Waals surface area contributed by atoms with E-state index in [4.69, 9.17) is 10.5 Å². The zero-order chi connectivity index (χ0) is 17.9. The summed E-state index contributed by atoms with van der Waals surface area (Å²) in [5, 5.41) is 2.92. The van der Waals surface area contributed by atoms with Crippen LogP contribution < -0.4 is 15.8 Å². The van der Waals surface area contributed by atoms with Crippen molar-refractivity contribution in [2.24, 2.45) is 5.73 Å². The number of amides is 1. The van der Waals surface area contributed by atoms with E-state index in [0.717, 1.165) is 17.9 Å². The second-order valence-electron chi connectivity index (χ2n) is 6.53. The lowest BCUT2D eigenvalue weighted by molar-refractivity contribution is 0.102. The SMILES string of the molecule is NC1CC1c1ccc(NC(=O)c2cccc(Oc3ccccc3)c2)cc1. The third kappa shape index (κ3) is 3.76. The van der Waals surface area contributed by atoms with Gasteiger partial charge in [0.25, 0.3) is 5.91 Å². The standard InChI is InChI=1S/C22H20N2O2/c23-21-14-20(21)15-9-11-17(12-10-15)24-22(25)16-5-4-8-19(13-16)26-18-6-2-1-3-7-18/h1-13,20-21H,14,23H2,(H,24,25). The van der Waals surface area contributed by atoms with Crippen LogP contribution in [-0.4, -0.2) is 11.9 Å². The molecule has 3 aromatic rings. The van der Waals surface area contributed by atoms with Crippen molar-refractivity contribution < 1.29 is 9.53 Å². The maximum absolute atomic E-state index is 12.5. The van der Waals surface area contributed by atoms with E-state index in [1.54, 1.807) is 12.1 Å². The van der Waals surface area contributed by atoms with Crippen LogP contribution in [0.1, 0.15) is 28.3 Å². The summed E-state index contributed by atoms with van der Waals surface area (Å²) in [6.07, 6.45) is 1.04. The van der Waals surface area contributed by atoms with Crippen molar-refractivity contribution in [1.82, 2.24) is 0 Å². The normalized spacial score (nSPS) is 18.2. The number of benzene rings is 3. The molecule has 26 heavy (non-hydrogen) atoms. The molecule has 0 heterocycles. The highest BCUT2D eigenvalue weighted by molar-refractivity contribution is 6.04. The minimum Gasteiger partial charge on any atom is -0.457 e. The Morgan fingerprint density at radius 2 is 1.62 bits per heavy atom. The highest BCUT2D eigenvalue weighted by Gasteiger charge is 2.34. The largest absolute Gasteiger partial charge is 0.457 e. The van der Waals surface area contributed by atoms with Crippen LogP contribution in [0, 0.1) is 0 Å². The van der Waals surface area contributed by atoms with Gasteiger partial charge in [-0.25, -0.2) is 0 Å². The Labute approximate surface area is 152 Å². The van der Waals surface area contributed by atoms with Crippen LogP contribution in [0.25, 0.3) is 0 Å². The predicted molar refractivity (Wildman–Crippen MR) is 103 cm³/mol. The molecule has 0 bridgehead atoms. The molecule has 3 aromatic carbocycles. The maximum atomic E-state index is 12.5. The summed E-state index contributed by atoms with van der Waals surface area (Å²) in [6, 6.07) is 24.8. The molecule has 0 aromatic heterocycles. The second-order valence-corrected chi connectivity index (χ2v) is 6.53. The highest BCUT2D eigenvalue weighted by atomic mass is 16.5. The zero-order valence-corrected chi connectivity index (χ0v) is 14.3.